The Labute approximate surface area is 787 Å². The first-order valence-electron chi connectivity index (χ1n) is 37.4. The Morgan fingerprint density at radius 1 is 0.297 bits per heavy atom. The van der Waals surface area contributed by atoms with Crippen LogP contribution in [0.5, 0.6) is 28.7 Å². The van der Waals surface area contributed by atoms with Gasteiger partial charge in [0.1, 0.15) is 33.4 Å². The van der Waals surface area contributed by atoms with Crippen molar-refractivity contribution in [1.29, 1.82) is 0 Å². The number of phenols is 1. The molecular formula is C103H73Br2F2K2N3O6. The van der Waals surface area contributed by atoms with E-state index in [1.807, 2.05) is 133 Å². The minimum absolute atomic E-state index is 0. The standard InChI is InChI=1S/C62H43BrN2O2.C22H17NO.C18H11BrF2.CH2O3.2K.H/c63-60-61(66-52-39-46-27-19-21-37-54(46)58(41-52)64(48-29-11-3-12-30-48)49-31-13-4-14-32-49)56(44-23-7-1-8-24-44)43-57(45-25-9-2-10-26-45)62(60)67-53-40-47-28-20-22-38-55(47)59(42-53)65(50-33-15-5-16-34-50)51-35-17-6-18-36-51;24-20-15-17-9-7-8-14-21(17)22(16-20)23(18-10-3-1-4-11-18)19-12-5-2-6-13-19;19-16-17(20)14(12-7-3-1-4-8-12)11-15(18(16)21)13-9-5-2-6-10-13;2-1-4-3;;;/h1-43H;1-16,24H;1-11H;1,3H;;;/q;;;;2*+1;-1/p-1. The van der Waals surface area contributed by atoms with Crippen LogP contribution in [0.4, 0.5) is 60.0 Å². The summed E-state index contributed by atoms with van der Waals surface area (Å²) < 4.78 is 43.9. The van der Waals surface area contributed by atoms with Crippen LogP contribution in [0.15, 0.2) is 434 Å². The number of aromatic hydroxyl groups is 1. The van der Waals surface area contributed by atoms with Crippen LogP contribution in [-0.4, -0.2) is 11.6 Å². The topological polar surface area (TPSA) is 97.8 Å². The van der Waals surface area contributed by atoms with E-state index in [1.165, 1.54) is 0 Å². The van der Waals surface area contributed by atoms with E-state index in [9.17, 15) is 13.9 Å². The van der Waals surface area contributed by atoms with Gasteiger partial charge in [0.05, 0.1) is 21.5 Å². The maximum atomic E-state index is 14.4. The van der Waals surface area contributed by atoms with Crippen molar-refractivity contribution in [3.63, 3.8) is 0 Å². The number of benzene rings is 18. The number of hydrogen-bond acceptors (Lipinski definition) is 9. The molecule has 0 bridgehead atoms. The third kappa shape index (κ3) is 19.9. The molecule has 9 nitrogen and oxygen atoms in total. The number of hydrogen-bond donors (Lipinski definition) is 1. The van der Waals surface area contributed by atoms with Crippen molar-refractivity contribution >= 4 is 122 Å². The van der Waals surface area contributed by atoms with Crippen LogP contribution in [0, 0.1) is 11.6 Å². The van der Waals surface area contributed by atoms with Crippen LogP contribution in [0.25, 0.3) is 76.8 Å². The van der Waals surface area contributed by atoms with E-state index >= 15 is 0 Å². The summed E-state index contributed by atoms with van der Waals surface area (Å²) in [7, 11) is 0. The average Bonchev–Trinajstić information content (AvgIpc) is 0.760. The molecule has 0 fully saturated rings. The molecule has 0 spiro atoms. The van der Waals surface area contributed by atoms with Crippen molar-refractivity contribution in [2.24, 2.45) is 0 Å². The van der Waals surface area contributed by atoms with E-state index in [-0.39, 0.29) is 121 Å². The normalized spacial score (nSPS) is 10.5. The molecule has 18 rings (SSSR count). The van der Waals surface area contributed by atoms with Crippen molar-refractivity contribution in [1.82, 2.24) is 0 Å². The number of anilines is 9. The molecule has 0 atom stereocenters. The maximum absolute atomic E-state index is 14.4. The predicted molar refractivity (Wildman–Crippen MR) is 476 cm³/mol. The molecule has 0 saturated carbocycles. The van der Waals surface area contributed by atoms with Gasteiger partial charge in [-0.2, -0.15) is 0 Å². The summed E-state index contributed by atoms with van der Waals surface area (Å²) in [5.41, 5.74) is 15.2. The molecular weight excluding hydrogens is 1650 g/mol. The number of phenolic OH excluding ortho intramolecular Hbond substituents is 1. The first kappa shape index (κ1) is 85.0. The Morgan fingerprint density at radius 3 is 0.805 bits per heavy atom. The predicted octanol–water partition coefficient (Wildman–Crippen LogP) is 23.2. The minimum Gasteiger partial charge on any atom is -1.00 e. The maximum Gasteiger partial charge on any atom is 1.00 e. The third-order valence-corrected chi connectivity index (χ3v) is 20.8. The van der Waals surface area contributed by atoms with Gasteiger partial charge in [0, 0.05) is 90.7 Å². The molecule has 0 aromatic heterocycles. The second kappa shape index (κ2) is 41.4. The smallest absolute Gasteiger partial charge is 1.00 e. The monoisotopic (exact) mass is 1720 g/mol. The molecule has 1 N–H and O–H groups in total. The Morgan fingerprint density at radius 2 is 0.525 bits per heavy atom. The fourth-order valence-electron chi connectivity index (χ4n) is 14.2. The summed E-state index contributed by atoms with van der Waals surface area (Å²) in [5.74, 6) is 1.71. The molecule has 118 heavy (non-hydrogen) atoms. The summed E-state index contributed by atoms with van der Waals surface area (Å²) in [5, 5.41) is 25.1. The third-order valence-electron chi connectivity index (χ3n) is 19.4. The van der Waals surface area contributed by atoms with Crippen LogP contribution >= 0.6 is 31.9 Å². The van der Waals surface area contributed by atoms with Crippen molar-refractivity contribution in [3.05, 3.63) is 445 Å². The molecule has 566 valence electrons. The summed E-state index contributed by atoms with van der Waals surface area (Å²) in [6.07, 6.45) is 0. The van der Waals surface area contributed by atoms with Crippen molar-refractivity contribution in [2.75, 3.05) is 14.7 Å². The molecule has 0 heterocycles. The number of rotatable bonds is 18. The molecule has 0 radical (unpaired) electrons. The molecule has 0 aliphatic rings. The zero-order chi connectivity index (χ0) is 79.5. The Hall–Kier alpha value is -10.9. The minimum atomic E-state index is -0.585. The van der Waals surface area contributed by atoms with Crippen LogP contribution in [0.3, 0.4) is 0 Å². The Balaban J connectivity index is 0.000000203. The van der Waals surface area contributed by atoms with Crippen LogP contribution in [-0.2, 0) is 9.68 Å². The van der Waals surface area contributed by atoms with Gasteiger partial charge in [-0.15, -0.1) is 0 Å². The van der Waals surface area contributed by atoms with Crippen molar-refractivity contribution in [2.45, 2.75) is 0 Å². The van der Waals surface area contributed by atoms with Gasteiger partial charge in [0.15, 0.2) is 11.5 Å². The first-order valence-corrected chi connectivity index (χ1v) is 39.0. The van der Waals surface area contributed by atoms with Crippen molar-refractivity contribution in [3.8, 4) is 73.3 Å². The Kier molecular flexibility index (Phi) is 29.8. The van der Waals surface area contributed by atoms with E-state index in [2.05, 4.69) is 306 Å². The molecule has 0 unspecified atom stereocenters. The fourth-order valence-corrected chi connectivity index (χ4v) is 15.2. The largest absolute Gasteiger partial charge is 1.00 e. The van der Waals surface area contributed by atoms with Crippen LogP contribution in [0.1, 0.15) is 1.43 Å². The van der Waals surface area contributed by atoms with Gasteiger partial charge in [-0.25, -0.2) is 8.78 Å². The fraction of sp³-hybridized carbons (Fsp3) is 0. The van der Waals surface area contributed by atoms with Gasteiger partial charge in [-0.1, -0.05) is 303 Å². The van der Waals surface area contributed by atoms with Crippen LogP contribution in [0.2, 0.25) is 0 Å². The summed E-state index contributed by atoms with van der Waals surface area (Å²) in [6.45, 7) is -0.181. The molecule has 0 aliphatic carbocycles. The number of carbonyl (C=O) groups excluding carboxylic acids is 1. The molecule has 0 aliphatic heterocycles. The van der Waals surface area contributed by atoms with Gasteiger partial charge < -0.3 is 40.9 Å². The summed E-state index contributed by atoms with van der Waals surface area (Å²) >= 11 is 7.19. The SMILES string of the molecule is Brc1c(Oc2cc(N(c3ccccc3)c3ccccc3)c3ccccc3c2)c(-c2ccccc2)cc(-c2ccccc2)c1Oc1cc(N(c2ccccc2)c2ccccc2)c2ccccc2c1.Fc1c(-c2ccccc2)cc(-c2ccccc2)c(F)c1Br.O=CO[O-].Oc1cc(N(c2ccccc2)c2ccccc2)c2ccccc2c1.[H-].[K+].[K+]. The number of fused-ring (bicyclic) bond motifs is 3. The zero-order valence-electron chi connectivity index (χ0n) is 65.3. The molecule has 18 aromatic rings. The number of nitrogens with zero attached hydrogens (tertiary/aromatic N) is 3. The van der Waals surface area contributed by atoms with E-state index in [0.717, 1.165) is 106 Å². The second-order valence-electron chi connectivity index (χ2n) is 26.8. The second-order valence-corrected chi connectivity index (χ2v) is 28.3. The zero-order valence-corrected chi connectivity index (χ0v) is 73.8. The van der Waals surface area contributed by atoms with E-state index in [0.29, 0.717) is 49.7 Å². The van der Waals surface area contributed by atoms with E-state index in [1.54, 1.807) is 36.4 Å². The summed E-state index contributed by atoms with van der Waals surface area (Å²) in [6, 6.07) is 142. The van der Waals surface area contributed by atoms with Crippen LogP contribution < -0.4 is 132 Å². The molecule has 15 heteroatoms. The number of halogens is 4. The Bertz CT molecular complexity index is 5950. The van der Waals surface area contributed by atoms with E-state index < -0.39 is 11.6 Å². The van der Waals surface area contributed by atoms with Gasteiger partial charge >= 0.3 is 103 Å². The molecule has 0 saturated heterocycles. The van der Waals surface area contributed by atoms with Gasteiger partial charge in [-0.05, 0) is 173 Å². The number of ether oxygens (including phenoxy) is 2. The average molecular weight is 1720 g/mol. The number of carbonyl (C=O) groups is 1. The quantitative estimate of drug-likeness (QED) is 0.0296. The van der Waals surface area contributed by atoms with Crippen molar-refractivity contribution < 1.29 is 142 Å². The van der Waals surface area contributed by atoms with E-state index in [4.69, 9.17) is 19.5 Å². The first-order chi connectivity index (χ1) is 57.1. The van der Waals surface area contributed by atoms with Gasteiger partial charge in [-0.3, -0.25) is 4.79 Å². The number of para-hydroxylation sites is 6. The summed E-state index contributed by atoms with van der Waals surface area (Å²) in [4.78, 5) is 18.0. The molecule has 0 amide bonds. The molecule has 18 aromatic carbocycles. The van der Waals surface area contributed by atoms with Gasteiger partial charge in [0.2, 0.25) is 0 Å². The van der Waals surface area contributed by atoms with Gasteiger partial charge in [0.25, 0.3) is 6.47 Å².